The molecule has 5 amide bonds. The number of benzene rings is 1. The number of hydrogen-bond donors (Lipinski definition) is 4. The number of amides is 5. The molecule has 59 heavy (non-hydrogen) atoms. The first-order valence-electron chi connectivity index (χ1n) is 20.4. The topological polar surface area (TPSA) is 197 Å². The molecule has 4 unspecified atom stereocenters. The predicted molar refractivity (Wildman–Crippen MR) is 237 cm³/mol. The largest absolute Gasteiger partial charge is 0.452 e. The fourth-order valence-corrected chi connectivity index (χ4v) is 4.68. The molecule has 14 heteroatoms. The molecule has 336 valence electrons. The van der Waals surface area contributed by atoms with E-state index in [4.69, 9.17) is 10.5 Å². The van der Waals surface area contributed by atoms with Crippen molar-refractivity contribution in [1.29, 1.82) is 0 Å². The van der Waals surface area contributed by atoms with Crippen molar-refractivity contribution >= 4 is 41.8 Å². The van der Waals surface area contributed by atoms with Crippen LogP contribution in [0.3, 0.4) is 0 Å². The summed E-state index contributed by atoms with van der Waals surface area (Å²) in [6, 6.07) is 8.02. The molecule has 5 N–H and O–H groups in total. The van der Waals surface area contributed by atoms with Crippen LogP contribution in [0.4, 0.5) is 0 Å². The molecule has 0 spiro atoms. The summed E-state index contributed by atoms with van der Waals surface area (Å²) in [5, 5.41) is 7.66. The summed E-state index contributed by atoms with van der Waals surface area (Å²) < 4.78 is 4.98. The zero-order valence-corrected chi connectivity index (χ0v) is 38.8. The number of carbonyl (C=O) groups is 7. The van der Waals surface area contributed by atoms with E-state index in [1.54, 1.807) is 25.9 Å². The van der Waals surface area contributed by atoms with Crippen LogP contribution in [0.25, 0.3) is 0 Å². The van der Waals surface area contributed by atoms with E-state index in [1.807, 2.05) is 45.0 Å². The summed E-state index contributed by atoms with van der Waals surface area (Å²) in [6.07, 6.45) is 8.02. The summed E-state index contributed by atoms with van der Waals surface area (Å²) in [5.41, 5.74) is 8.24. The van der Waals surface area contributed by atoms with E-state index in [2.05, 4.69) is 75.7 Å². The number of ether oxygens (including phenoxy) is 1. The lowest BCUT2D eigenvalue weighted by Crippen LogP contribution is -2.55. The Labute approximate surface area is 355 Å². The minimum Gasteiger partial charge on any atom is -0.452 e. The van der Waals surface area contributed by atoms with Gasteiger partial charge in [-0.15, -0.1) is 0 Å². The number of likely N-dealkylation sites (N-methyl/N-ethyl adjacent to an activating group) is 2. The first kappa shape index (κ1) is 58.5. The van der Waals surface area contributed by atoms with Crippen LogP contribution in [-0.2, 0) is 38.3 Å². The van der Waals surface area contributed by atoms with Crippen LogP contribution in [0, 0.1) is 24.7 Å². The van der Waals surface area contributed by atoms with E-state index in [9.17, 15) is 33.6 Å². The van der Waals surface area contributed by atoms with Gasteiger partial charge in [-0.2, -0.15) is 0 Å². The number of nitrogens with zero attached hydrogens (tertiary/aromatic N) is 2. The summed E-state index contributed by atoms with van der Waals surface area (Å²) >= 11 is 0. The molecule has 0 radical (unpaired) electrons. The van der Waals surface area contributed by atoms with Crippen molar-refractivity contribution in [3.63, 3.8) is 0 Å². The predicted octanol–water partition coefficient (Wildman–Crippen LogP) is 5.14. The second-order valence-electron chi connectivity index (χ2n) is 15.8. The number of primary amides is 1. The van der Waals surface area contributed by atoms with E-state index < -0.39 is 54.3 Å². The molecule has 1 rings (SSSR count). The second kappa shape index (κ2) is 34.1. The third kappa shape index (κ3) is 32.8. The third-order valence-electron chi connectivity index (χ3n) is 8.40. The van der Waals surface area contributed by atoms with Crippen molar-refractivity contribution in [3.05, 3.63) is 59.2 Å². The molecule has 1 aromatic rings. The van der Waals surface area contributed by atoms with E-state index in [0.29, 0.717) is 17.8 Å². The van der Waals surface area contributed by atoms with Gasteiger partial charge in [-0.3, -0.25) is 24.0 Å². The Morgan fingerprint density at radius 3 is 1.85 bits per heavy atom. The number of aryl methyl sites for hydroxylation is 1. The van der Waals surface area contributed by atoms with Crippen LogP contribution in [0.1, 0.15) is 107 Å². The highest BCUT2D eigenvalue weighted by Gasteiger charge is 2.28. The number of rotatable bonds is 20. The fourth-order valence-electron chi connectivity index (χ4n) is 4.68. The Balaban J connectivity index is -0.000000866. The molecule has 0 aromatic heterocycles. The summed E-state index contributed by atoms with van der Waals surface area (Å²) in [7, 11) is 5.01. The van der Waals surface area contributed by atoms with Crippen molar-refractivity contribution < 1.29 is 38.3 Å². The van der Waals surface area contributed by atoms with Crippen molar-refractivity contribution in [2.75, 3.05) is 40.8 Å². The number of hydrogen-bond acceptors (Lipinski definition) is 9. The van der Waals surface area contributed by atoms with E-state index >= 15 is 0 Å². The van der Waals surface area contributed by atoms with Gasteiger partial charge in [0.15, 0.2) is 6.61 Å². The van der Waals surface area contributed by atoms with Gasteiger partial charge in [0.1, 0.15) is 24.4 Å². The van der Waals surface area contributed by atoms with Crippen LogP contribution in [-0.4, -0.2) is 111 Å². The third-order valence-corrected chi connectivity index (χ3v) is 8.40. The quantitative estimate of drug-likeness (QED) is 0.0596. The van der Waals surface area contributed by atoms with Gasteiger partial charge < -0.3 is 41.0 Å². The summed E-state index contributed by atoms with van der Waals surface area (Å²) in [6.45, 7) is 23.0. The molecule has 0 aliphatic heterocycles. The molecule has 0 aliphatic carbocycles. The van der Waals surface area contributed by atoms with Crippen LogP contribution >= 0.6 is 0 Å². The highest BCUT2D eigenvalue weighted by Crippen LogP contribution is 2.17. The first-order valence-corrected chi connectivity index (χ1v) is 20.4. The van der Waals surface area contributed by atoms with Crippen molar-refractivity contribution in [2.45, 2.75) is 127 Å². The molecular formula is C45H78N6O8. The number of carbonyl (C=O) groups excluding carboxylic acids is 7. The normalized spacial score (nSPS) is 13.5. The minimum absolute atomic E-state index is 0.0406. The summed E-state index contributed by atoms with van der Waals surface area (Å²) in [5.74, 6) is -1.44. The number of nitrogens with two attached hydrogens (primary N) is 1. The Morgan fingerprint density at radius 2 is 1.41 bits per heavy atom. The monoisotopic (exact) mass is 831 g/mol. The summed E-state index contributed by atoms with van der Waals surface area (Å²) in [4.78, 5) is 84.0. The molecule has 0 bridgehead atoms. The molecule has 0 aliphatic rings. The Bertz CT molecular complexity index is 1460. The van der Waals surface area contributed by atoms with Crippen LogP contribution in [0.15, 0.2) is 53.6 Å². The van der Waals surface area contributed by atoms with E-state index in [1.165, 1.54) is 36.9 Å². The van der Waals surface area contributed by atoms with Gasteiger partial charge in [0.25, 0.3) is 5.91 Å². The number of nitrogens with one attached hydrogen (secondary N) is 3. The Hall–Kier alpha value is -4.85. The van der Waals surface area contributed by atoms with Gasteiger partial charge in [-0.25, -0.2) is 4.79 Å². The first-order chi connectivity index (χ1) is 27.4. The standard InChI is InChI=1S/C21H34N2O5.C13H26N4O3.C7H8.C4H10/c1-7-15(2)13-16(3)9-8-10-17(4)21(27)28-14-19(25)22-18(5)20(26)23(6)11-12-24;1-6-8(2)11(16-10(18)7-17(4)5)13(20)15-9(3)12(14)19;1-7-5-3-2-4-6-7;1-4(2)3/h7,10,12,16,18H,8-9,11,13-14H2,1-6H3,(H,22,25);8-9,11H,6-7H2,1-5H3,(H2,14,19)(H,15,20)(H,16,18);2-6H,1H3;4H,1-3H3/b15-7+,17-10+;;;/t;8?,9-,11?;;/m.1../s1. The minimum atomic E-state index is -0.810. The van der Waals surface area contributed by atoms with Gasteiger partial charge in [0.05, 0.1) is 13.1 Å². The second-order valence-corrected chi connectivity index (χ2v) is 15.8. The maximum atomic E-state index is 12.1. The highest BCUT2D eigenvalue weighted by molar-refractivity contribution is 5.92. The van der Waals surface area contributed by atoms with Crippen LogP contribution in [0.2, 0.25) is 0 Å². The van der Waals surface area contributed by atoms with Crippen LogP contribution in [0.5, 0.6) is 0 Å². The molecule has 0 heterocycles. The average molecular weight is 831 g/mol. The van der Waals surface area contributed by atoms with Gasteiger partial charge in [0.2, 0.25) is 23.6 Å². The highest BCUT2D eigenvalue weighted by atomic mass is 16.5. The van der Waals surface area contributed by atoms with E-state index in [0.717, 1.165) is 31.6 Å². The maximum Gasteiger partial charge on any atom is 0.333 e. The molecule has 1 aromatic carbocycles. The van der Waals surface area contributed by atoms with E-state index in [-0.39, 0.29) is 24.9 Å². The SMILES string of the molecule is C/C=C(\C)CC(C)CC/C=C(\C)C(=O)OCC(=O)NC(C)C(=O)N(C)CC=O.CC(C)C.CCC(C)C(NC(=O)CN(C)C)C(=O)N[C@H](C)C(N)=O.Cc1ccccc1. The molecule has 14 nitrogen and oxygen atoms in total. The molecule has 0 saturated heterocycles. The van der Waals surface area contributed by atoms with Gasteiger partial charge >= 0.3 is 5.97 Å². The zero-order valence-electron chi connectivity index (χ0n) is 38.8. The van der Waals surface area contributed by atoms with Crippen molar-refractivity contribution in [3.8, 4) is 0 Å². The lowest BCUT2D eigenvalue weighted by Gasteiger charge is -2.25. The Morgan fingerprint density at radius 1 is 0.847 bits per heavy atom. The Kier molecular flexibility index (Phi) is 33.7. The molecular weight excluding hydrogens is 753 g/mol. The molecule has 0 fully saturated rings. The van der Waals surface area contributed by atoms with Crippen LogP contribution < -0.4 is 21.7 Å². The molecule has 5 atom stereocenters. The lowest BCUT2D eigenvalue weighted by molar-refractivity contribution is -0.145. The number of esters is 1. The average Bonchev–Trinajstić information content (AvgIpc) is 3.15. The molecule has 0 saturated carbocycles. The van der Waals surface area contributed by atoms with Gasteiger partial charge in [-0.05, 0) is 92.7 Å². The van der Waals surface area contributed by atoms with Crippen molar-refractivity contribution in [1.82, 2.24) is 25.8 Å². The van der Waals surface area contributed by atoms with Gasteiger partial charge in [0, 0.05) is 12.6 Å². The van der Waals surface area contributed by atoms with Crippen molar-refractivity contribution in [2.24, 2.45) is 23.5 Å². The fraction of sp³-hybridized carbons (Fsp3) is 0.622. The number of aldehydes is 1. The zero-order chi connectivity index (χ0) is 46.2. The number of allylic oxidation sites excluding steroid dienone is 3. The maximum absolute atomic E-state index is 12.1. The smallest absolute Gasteiger partial charge is 0.333 e. The lowest BCUT2D eigenvalue weighted by atomic mass is 9.97. The van der Waals surface area contributed by atoms with Gasteiger partial charge in [-0.1, -0.05) is 102 Å².